The molecule has 0 radical (unpaired) electrons. The normalized spacial score (nSPS) is 10.1. The SMILES string of the molecule is CCCCCCCCCCC.CCc1cc(F)cc(F)c1. The molecule has 0 spiro atoms. The van der Waals surface area contributed by atoms with Gasteiger partial charge in [0.05, 0.1) is 0 Å². The van der Waals surface area contributed by atoms with Crippen LogP contribution in [0.5, 0.6) is 0 Å². The second-order valence-corrected chi connectivity index (χ2v) is 5.61. The van der Waals surface area contributed by atoms with E-state index in [-0.39, 0.29) is 0 Å². The van der Waals surface area contributed by atoms with Crippen molar-refractivity contribution >= 4 is 0 Å². The average Bonchev–Trinajstić information content (AvgIpc) is 2.46. The van der Waals surface area contributed by atoms with E-state index in [4.69, 9.17) is 0 Å². The van der Waals surface area contributed by atoms with Gasteiger partial charge in [-0.15, -0.1) is 0 Å². The fourth-order valence-corrected chi connectivity index (χ4v) is 2.20. The zero-order valence-electron chi connectivity index (χ0n) is 14.1. The van der Waals surface area contributed by atoms with E-state index in [9.17, 15) is 8.78 Å². The van der Waals surface area contributed by atoms with E-state index >= 15 is 0 Å². The van der Waals surface area contributed by atoms with Crippen molar-refractivity contribution in [1.82, 2.24) is 0 Å². The molecule has 0 heterocycles. The van der Waals surface area contributed by atoms with Crippen molar-refractivity contribution in [1.29, 1.82) is 0 Å². The van der Waals surface area contributed by atoms with Crippen LogP contribution >= 0.6 is 0 Å². The highest BCUT2D eigenvalue weighted by Gasteiger charge is 1.96. The zero-order valence-corrected chi connectivity index (χ0v) is 14.1. The highest BCUT2D eigenvalue weighted by atomic mass is 19.1. The number of unbranched alkanes of at least 4 members (excludes halogenated alkanes) is 8. The molecular weight excluding hydrogens is 266 g/mol. The van der Waals surface area contributed by atoms with Gasteiger partial charge in [-0.25, -0.2) is 8.78 Å². The van der Waals surface area contributed by atoms with E-state index in [1.165, 1.54) is 69.9 Å². The van der Waals surface area contributed by atoms with Gasteiger partial charge in [-0.05, 0) is 24.1 Å². The Morgan fingerprint density at radius 1 is 0.619 bits per heavy atom. The highest BCUT2D eigenvalue weighted by Crippen LogP contribution is 2.09. The Labute approximate surface area is 130 Å². The number of rotatable bonds is 9. The van der Waals surface area contributed by atoms with E-state index in [1.54, 1.807) is 0 Å². The fourth-order valence-electron chi connectivity index (χ4n) is 2.20. The third kappa shape index (κ3) is 12.5. The molecule has 0 N–H and O–H groups in total. The molecule has 0 amide bonds. The number of halogens is 2. The maximum atomic E-state index is 12.4. The van der Waals surface area contributed by atoms with E-state index in [1.807, 2.05) is 6.92 Å². The topological polar surface area (TPSA) is 0 Å². The monoisotopic (exact) mass is 298 g/mol. The van der Waals surface area contributed by atoms with Gasteiger partial charge in [-0.1, -0.05) is 78.6 Å². The summed E-state index contributed by atoms with van der Waals surface area (Å²) in [6.45, 7) is 6.41. The Morgan fingerprint density at radius 3 is 1.33 bits per heavy atom. The molecule has 1 aromatic rings. The van der Waals surface area contributed by atoms with Gasteiger partial charge in [0, 0.05) is 6.07 Å². The van der Waals surface area contributed by atoms with Crippen molar-refractivity contribution in [3.8, 4) is 0 Å². The fraction of sp³-hybridized carbons (Fsp3) is 0.684. The molecule has 0 aliphatic rings. The largest absolute Gasteiger partial charge is 0.207 e. The van der Waals surface area contributed by atoms with E-state index < -0.39 is 11.6 Å². The van der Waals surface area contributed by atoms with Gasteiger partial charge in [-0.3, -0.25) is 0 Å². The van der Waals surface area contributed by atoms with Crippen LogP contribution < -0.4 is 0 Å². The Hall–Kier alpha value is -0.920. The van der Waals surface area contributed by atoms with Gasteiger partial charge in [-0.2, -0.15) is 0 Å². The lowest BCUT2D eigenvalue weighted by atomic mass is 10.1. The Balaban J connectivity index is 0.000000382. The standard InChI is InChI=1S/C11H24.C8H8F2/c1-3-5-7-9-11-10-8-6-4-2;1-2-6-3-7(9)5-8(10)4-6/h3-11H2,1-2H3;3-5H,2H2,1H3. The van der Waals surface area contributed by atoms with Crippen molar-refractivity contribution in [3.63, 3.8) is 0 Å². The molecule has 0 bridgehead atoms. The molecule has 21 heavy (non-hydrogen) atoms. The molecule has 0 fully saturated rings. The molecule has 0 saturated carbocycles. The second-order valence-electron chi connectivity index (χ2n) is 5.61. The maximum Gasteiger partial charge on any atom is 0.126 e. The Bertz CT molecular complexity index is 319. The van der Waals surface area contributed by atoms with Gasteiger partial charge in [0.1, 0.15) is 11.6 Å². The first kappa shape index (κ1) is 20.1. The Morgan fingerprint density at radius 2 is 1.00 bits per heavy atom. The predicted octanol–water partition coefficient (Wildman–Crippen LogP) is 7.06. The van der Waals surface area contributed by atoms with Crippen LogP contribution in [0.4, 0.5) is 8.78 Å². The predicted molar refractivity (Wildman–Crippen MR) is 88.6 cm³/mol. The third-order valence-electron chi connectivity index (χ3n) is 3.54. The van der Waals surface area contributed by atoms with Crippen molar-refractivity contribution < 1.29 is 8.78 Å². The zero-order chi connectivity index (χ0) is 15.9. The highest BCUT2D eigenvalue weighted by molar-refractivity contribution is 5.17. The minimum atomic E-state index is -0.503. The molecule has 0 nitrogen and oxygen atoms in total. The molecule has 0 aromatic heterocycles. The van der Waals surface area contributed by atoms with Gasteiger partial charge in [0.2, 0.25) is 0 Å². The molecular formula is C19H32F2. The van der Waals surface area contributed by atoms with Crippen molar-refractivity contribution in [2.75, 3.05) is 0 Å². The maximum absolute atomic E-state index is 12.4. The molecule has 0 aliphatic heterocycles. The first-order chi connectivity index (χ1) is 10.1. The summed E-state index contributed by atoms with van der Waals surface area (Å²) in [4.78, 5) is 0. The number of hydrogen-bond acceptors (Lipinski definition) is 0. The summed E-state index contributed by atoms with van der Waals surface area (Å²) in [6.07, 6.45) is 13.6. The summed E-state index contributed by atoms with van der Waals surface area (Å²) in [5.74, 6) is -1.01. The number of aryl methyl sites for hydroxylation is 1. The summed E-state index contributed by atoms with van der Waals surface area (Å²) >= 11 is 0. The van der Waals surface area contributed by atoms with E-state index in [0.717, 1.165) is 6.07 Å². The van der Waals surface area contributed by atoms with Gasteiger partial charge in [0.15, 0.2) is 0 Å². The van der Waals surface area contributed by atoms with E-state index in [0.29, 0.717) is 12.0 Å². The van der Waals surface area contributed by atoms with Crippen LogP contribution in [0, 0.1) is 11.6 Å². The quantitative estimate of drug-likeness (QED) is 0.428. The lowest BCUT2D eigenvalue weighted by Gasteiger charge is -1.98. The van der Waals surface area contributed by atoms with Crippen LogP contribution in [0.2, 0.25) is 0 Å². The van der Waals surface area contributed by atoms with Crippen LogP contribution in [0.3, 0.4) is 0 Å². The summed E-state index contributed by atoms with van der Waals surface area (Å²) in [5.41, 5.74) is 0.692. The van der Waals surface area contributed by atoms with Gasteiger partial charge in [0.25, 0.3) is 0 Å². The van der Waals surface area contributed by atoms with Crippen LogP contribution in [0.1, 0.15) is 84.1 Å². The molecule has 0 atom stereocenters. The number of benzene rings is 1. The molecule has 0 unspecified atom stereocenters. The molecule has 1 rings (SSSR count). The van der Waals surface area contributed by atoms with Gasteiger partial charge >= 0.3 is 0 Å². The summed E-state index contributed by atoms with van der Waals surface area (Å²) < 4.78 is 24.8. The average molecular weight is 298 g/mol. The molecule has 122 valence electrons. The van der Waals surface area contributed by atoms with Crippen molar-refractivity contribution in [2.24, 2.45) is 0 Å². The minimum Gasteiger partial charge on any atom is -0.207 e. The summed E-state index contributed by atoms with van der Waals surface area (Å²) in [6, 6.07) is 3.55. The van der Waals surface area contributed by atoms with Crippen LogP contribution in [0.25, 0.3) is 0 Å². The summed E-state index contributed by atoms with van der Waals surface area (Å²) in [5, 5.41) is 0. The minimum absolute atomic E-state index is 0.503. The van der Waals surface area contributed by atoms with Gasteiger partial charge < -0.3 is 0 Å². The van der Waals surface area contributed by atoms with Crippen molar-refractivity contribution in [3.05, 3.63) is 35.4 Å². The van der Waals surface area contributed by atoms with Crippen LogP contribution in [-0.4, -0.2) is 0 Å². The second kappa shape index (κ2) is 14.0. The van der Waals surface area contributed by atoms with Crippen molar-refractivity contribution in [2.45, 2.75) is 85.0 Å². The molecule has 0 aliphatic carbocycles. The smallest absolute Gasteiger partial charge is 0.126 e. The molecule has 1 aromatic carbocycles. The van der Waals surface area contributed by atoms with Crippen LogP contribution in [0.15, 0.2) is 18.2 Å². The third-order valence-corrected chi connectivity index (χ3v) is 3.54. The number of hydrogen-bond donors (Lipinski definition) is 0. The first-order valence-electron chi connectivity index (χ1n) is 8.58. The van der Waals surface area contributed by atoms with Crippen LogP contribution in [-0.2, 0) is 6.42 Å². The Kier molecular flexibility index (Phi) is 13.4. The lowest BCUT2D eigenvalue weighted by molar-refractivity contribution is 0.572. The summed E-state index contributed by atoms with van der Waals surface area (Å²) in [7, 11) is 0. The first-order valence-corrected chi connectivity index (χ1v) is 8.58. The molecule has 2 heteroatoms. The van der Waals surface area contributed by atoms with E-state index in [2.05, 4.69) is 13.8 Å². The lowest BCUT2D eigenvalue weighted by Crippen LogP contribution is -1.84. The molecule has 0 saturated heterocycles.